The van der Waals surface area contributed by atoms with Crippen LogP contribution in [-0.2, 0) is 16.6 Å². The van der Waals surface area contributed by atoms with Crippen LogP contribution in [0.1, 0.15) is 65.2 Å². The van der Waals surface area contributed by atoms with Gasteiger partial charge in [-0.15, -0.1) is 0 Å². The zero-order valence-corrected chi connectivity index (χ0v) is 21.3. The molecule has 1 unspecified atom stereocenters. The van der Waals surface area contributed by atoms with Crippen molar-refractivity contribution in [2.45, 2.75) is 49.9 Å². The summed E-state index contributed by atoms with van der Waals surface area (Å²) in [5, 5.41) is 18.4. The van der Waals surface area contributed by atoms with Gasteiger partial charge in [-0.3, -0.25) is 9.59 Å². The van der Waals surface area contributed by atoms with Crippen molar-refractivity contribution in [3.8, 4) is 0 Å². The Morgan fingerprint density at radius 3 is 2.43 bits per heavy atom. The van der Waals surface area contributed by atoms with Gasteiger partial charge in [0.15, 0.2) is 0 Å². The molecule has 0 radical (unpaired) electrons. The van der Waals surface area contributed by atoms with E-state index in [1.807, 2.05) is 42.5 Å². The Bertz CT molecular complexity index is 1390. The molecule has 7 heteroatoms. The molecule has 2 aromatic heterocycles. The second-order valence-electron chi connectivity index (χ2n) is 9.93. The molecular weight excluding hydrogens is 486 g/mol. The Labute approximate surface area is 221 Å². The topological polar surface area (TPSA) is 83.7 Å². The minimum absolute atomic E-state index is 0.126. The highest BCUT2D eigenvalue weighted by atomic mass is 35.5. The van der Waals surface area contributed by atoms with Crippen molar-refractivity contribution in [2.24, 2.45) is 0 Å². The molecule has 1 amide bonds. The van der Waals surface area contributed by atoms with Gasteiger partial charge in [0.2, 0.25) is 0 Å². The van der Waals surface area contributed by atoms with E-state index in [1.165, 1.54) is 12.0 Å². The van der Waals surface area contributed by atoms with E-state index in [0.29, 0.717) is 34.8 Å². The number of hydrogen-bond acceptors (Lipinski definition) is 3. The van der Waals surface area contributed by atoms with Crippen molar-refractivity contribution in [1.29, 1.82) is 0 Å². The van der Waals surface area contributed by atoms with E-state index in [-0.39, 0.29) is 11.3 Å². The average Bonchev–Trinajstić information content (AvgIpc) is 3.36. The SMILES string of the molecule is O=C(NCC1(c2ccc(Cl)cc2)CCCCC1)c1cccn2nc(C(Cc3ccccc3)C(=O)O)cc12. The summed E-state index contributed by atoms with van der Waals surface area (Å²) in [6.07, 6.45) is 7.54. The lowest BCUT2D eigenvalue weighted by Gasteiger charge is -2.38. The second-order valence-corrected chi connectivity index (χ2v) is 10.4. The molecule has 6 nitrogen and oxygen atoms in total. The molecule has 1 aliphatic carbocycles. The molecule has 2 N–H and O–H groups in total. The molecule has 0 bridgehead atoms. The van der Waals surface area contributed by atoms with Gasteiger partial charge < -0.3 is 10.4 Å². The molecule has 5 rings (SSSR count). The van der Waals surface area contributed by atoms with Crippen molar-refractivity contribution in [2.75, 3.05) is 6.54 Å². The molecule has 0 aliphatic heterocycles. The lowest BCUT2D eigenvalue weighted by molar-refractivity contribution is -0.138. The number of fused-ring (bicyclic) bond motifs is 1. The van der Waals surface area contributed by atoms with E-state index >= 15 is 0 Å². The Kier molecular flexibility index (Phi) is 7.28. The molecule has 4 aromatic rings. The summed E-state index contributed by atoms with van der Waals surface area (Å²) in [7, 11) is 0. The summed E-state index contributed by atoms with van der Waals surface area (Å²) in [5.41, 5.74) is 3.50. The number of nitrogens with one attached hydrogen (secondary N) is 1. The largest absolute Gasteiger partial charge is 0.481 e. The third-order valence-electron chi connectivity index (χ3n) is 7.56. The maximum atomic E-state index is 13.4. The number of halogens is 1. The highest BCUT2D eigenvalue weighted by Crippen LogP contribution is 2.39. The summed E-state index contributed by atoms with van der Waals surface area (Å²) < 4.78 is 1.60. The smallest absolute Gasteiger partial charge is 0.313 e. The summed E-state index contributed by atoms with van der Waals surface area (Å²) in [4.78, 5) is 25.6. The van der Waals surface area contributed by atoms with E-state index in [1.54, 1.807) is 28.9 Å². The van der Waals surface area contributed by atoms with Crippen molar-refractivity contribution in [3.63, 3.8) is 0 Å². The van der Waals surface area contributed by atoms with Gasteiger partial charge in [0.25, 0.3) is 5.91 Å². The minimum Gasteiger partial charge on any atom is -0.481 e. The molecule has 37 heavy (non-hydrogen) atoms. The maximum Gasteiger partial charge on any atom is 0.313 e. The molecule has 0 saturated heterocycles. The monoisotopic (exact) mass is 515 g/mol. The molecule has 1 fully saturated rings. The van der Waals surface area contributed by atoms with Gasteiger partial charge in [0.1, 0.15) is 5.92 Å². The second kappa shape index (κ2) is 10.8. The number of nitrogens with zero attached hydrogens (tertiary/aromatic N) is 2. The van der Waals surface area contributed by atoms with Crippen LogP contribution in [0.25, 0.3) is 5.52 Å². The van der Waals surface area contributed by atoms with Crippen LogP contribution in [0.15, 0.2) is 79.0 Å². The van der Waals surface area contributed by atoms with Crippen LogP contribution in [0, 0.1) is 0 Å². The van der Waals surface area contributed by atoms with Crippen molar-refractivity contribution in [3.05, 3.63) is 106 Å². The molecular formula is C30H30ClN3O3. The number of hydrogen-bond donors (Lipinski definition) is 2. The lowest BCUT2D eigenvalue weighted by atomic mass is 9.69. The van der Waals surface area contributed by atoms with Crippen LogP contribution >= 0.6 is 11.6 Å². The number of amides is 1. The number of rotatable bonds is 8. The van der Waals surface area contributed by atoms with E-state index < -0.39 is 11.9 Å². The number of carboxylic acid groups (broad SMARTS) is 1. The third kappa shape index (κ3) is 5.39. The predicted octanol–water partition coefficient (Wildman–Crippen LogP) is 6.03. The summed E-state index contributed by atoms with van der Waals surface area (Å²) in [6.45, 7) is 0.529. The van der Waals surface area contributed by atoms with Crippen LogP contribution in [0.2, 0.25) is 5.02 Å². The van der Waals surface area contributed by atoms with Crippen LogP contribution in [0.3, 0.4) is 0 Å². The van der Waals surface area contributed by atoms with Gasteiger partial charge in [-0.05, 0) is 60.7 Å². The number of benzene rings is 2. The molecule has 190 valence electrons. The van der Waals surface area contributed by atoms with Crippen molar-refractivity contribution in [1.82, 2.24) is 14.9 Å². The number of aliphatic carboxylic acids is 1. The van der Waals surface area contributed by atoms with Gasteiger partial charge in [-0.1, -0.05) is 73.3 Å². The van der Waals surface area contributed by atoms with Crippen LogP contribution in [0.4, 0.5) is 0 Å². The van der Waals surface area contributed by atoms with Gasteiger partial charge in [-0.25, -0.2) is 4.52 Å². The lowest BCUT2D eigenvalue weighted by Crippen LogP contribution is -2.42. The molecule has 1 saturated carbocycles. The van der Waals surface area contributed by atoms with E-state index in [0.717, 1.165) is 31.2 Å². The zero-order valence-electron chi connectivity index (χ0n) is 20.6. The van der Waals surface area contributed by atoms with Crippen molar-refractivity contribution < 1.29 is 14.7 Å². The normalized spacial score (nSPS) is 15.8. The van der Waals surface area contributed by atoms with Crippen LogP contribution in [0.5, 0.6) is 0 Å². The minimum atomic E-state index is -0.944. The first-order valence-corrected chi connectivity index (χ1v) is 13.1. The van der Waals surface area contributed by atoms with Crippen molar-refractivity contribution >= 4 is 29.0 Å². The highest BCUT2D eigenvalue weighted by molar-refractivity contribution is 6.30. The van der Waals surface area contributed by atoms with Crippen LogP contribution in [-0.4, -0.2) is 33.1 Å². The summed E-state index contributed by atoms with van der Waals surface area (Å²) in [6, 6.07) is 22.7. The van der Waals surface area contributed by atoms with E-state index in [9.17, 15) is 14.7 Å². The van der Waals surface area contributed by atoms with Gasteiger partial charge in [-0.2, -0.15) is 5.10 Å². The molecule has 2 aromatic carbocycles. The number of aromatic nitrogens is 2. The molecule has 2 heterocycles. The molecule has 1 atom stereocenters. The number of carbonyl (C=O) groups excluding carboxylic acids is 1. The third-order valence-corrected chi connectivity index (χ3v) is 7.81. The fourth-order valence-corrected chi connectivity index (χ4v) is 5.63. The number of carbonyl (C=O) groups is 2. The van der Waals surface area contributed by atoms with E-state index in [4.69, 9.17) is 11.6 Å². The first-order valence-electron chi connectivity index (χ1n) is 12.7. The average molecular weight is 516 g/mol. The summed E-state index contributed by atoms with van der Waals surface area (Å²) in [5.74, 6) is -1.94. The fourth-order valence-electron chi connectivity index (χ4n) is 5.51. The quantitative estimate of drug-likeness (QED) is 0.300. The maximum absolute atomic E-state index is 13.4. The van der Waals surface area contributed by atoms with Crippen LogP contribution < -0.4 is 5.32 Å². The Morgan fingerprint density at radius 1 is 1.00 bits per heavy atom. The number of pyridine rings is 1. The molecule has 0 spiro atoms. The van der Waals surface area contributed by atoms with E-state index in [2.05, 4.69) is 22.5 Å². The summed E-state index contributed by atoms with van der Waals surface area (Å²) >= 11 is 6.13. The highest BCUT2D eigenvalue weighted by Gasteiger charge is 2.34. The Morgan fingerprint density at radius 2 is 1.73 bits per heavy atom. The Balaban J connectivity index is 1.40. The van der Waals surface area contributed by atoms with Gasteiger partial charge >= 0.3 is 5.97 Å². The fraction of sp³-hybridized carbons (Fsp3) is 0.300. The first-order chi connectivity index (χ1) is 17.9. The Hall–Kier alpha value is -3.64. The number of carboxylic acids is 1. The zero-order chi connectivity index (χ0) is 25.8. The predicted molar refractivity (Wildman–Crippen MR) is 144 cm³/mol. The van der Waals surface area contributed by atoms with Gasteiger partial charge in [0, 0.05) is 23.2 Å². The molecule has 1 aliphatic rings. The van der Waals surface area contributed by atoms with Gasteiger partial charge in [0.05, 0.1) is 16.8 Å². The standard InChI is InChI=1S/C30H30ClN3O3/c31-23-13-11-22(12-14-23)30(15-5-2-6-16-30)20-32-28(35)24-10-7-17-34-27(24)19-26(33-34)25(29(36)37)18-21-8-3-1-4-9-21/h1,3-4,7-14,17,19,25H,2,5-6,15-16,18,20H2,(H,32,35)(H,36,37). The first kappa shape index (κ1) is 25.0.